The molecule has 0 atom stereocenters. The van der Waals surface area contributed by atoms with Crippen LogP contribution in [0.5, 0.6) is 5.75 Å². The Kier molecular flexibility index (Phi) is 2.86. The summed E-state index contributed by atoms with van der Waals surface area (Å²) in [5, 5.41) is 5.74. The summed E-state index contributed by atoms with van der Waals surface area (Å²) >= 11 is 0. The molecule has 1 aromatic carbocycles. The minimum absolute atomic E-state index is 0.523. The third-order valence-electron chi connectivity index (χ3n) is 3.66. The molecular formula is C14H18N3O. The number of fused-ring (bicyclic) bond motifs is 1. The fourth-order valence-electron chi connectivity index (χ4n) is 2.63. The summed E-state index contributed by atoms with van der Waals surface area (Å²) in [6, 6.07) is 4.37. The van der Waals surface area contributed by atoms with Gasteiger partial charge in [0.1, 0.15) is 5.75 Å². The van der Waals surface area contributed by atoms with Gasteiger partial charge in [0.2, 0.25) is 0 Å². The highest BCUT2D eigenvalue weighted by Crippen LogP contribution is 2.31. The molecule has 0 amide bonds. The molecule has 4 nitrogen and oxygen atoms in total. The Morgan fingerprint density at radius 2 is 2.11 bits per heavy atom. The van der Waals surface area contributed by atoms with Crippen LogP contribution in [0.3, 0.4) is 0 Å². The lowest BCUT2D eigenvalue weighted by molar-refractivity contribution is 0.367. The van der Waals surface area contributed by atoms with E-state index in [1.165, 1.54) is 25.7 Å². The molecule has 95 valence electrons. The van der Waals surface area contributed by atoms with E-state index in [0.29, 0.717) is 17.5 Å². The highest BCUT2D eigenvalue weighted by Gasteiger charge is 2.17. The van der Waals surface area contributed by atoms with Crippen LogP contribution in [0, 0.1) is 6.42 Å². The Balaban J connectivity index is 1.99. The first kappa shape index (κ1) is 11.4. The van der Waals surface area contributed by atoms with Crippen molar-refractivity contribution in [2.24, 2.45) is 0 Å². The van der Waals surface area contributed by atoms with Crippen LogP contribution in [0.2, 0.25) is 0 Å². The molecule has 1 fully saturated rings. The number of hydrogen-bond donors (Lipinski definition) is 1. The monoisotopic (exact) mass is 244 g/mol. The smallest absolute Gasteiger partial charge is 0.144 e. The average Bonchev–Trinajstić information content (AvgIpc) is 2.81. The highest BCUT2D eigenvalue weighted by molar-refractivity contribution is 5.84. The molecule has 3 rings (SSSR count). The summed E-state index contributed by atoms with van der Waals surface area (Å²) < 4.78 is 7.32. The molecule has 2 aromatic rings. The van der Waals surface area contributed by atoms with Crippen molar-refractivity contribution in [2.45, 2.75) is 31.7 Å². The number of nitrogens with two attached hydrogens (primary N) is 1. The van der Waals surface area contributed by atoms with Gasteiger partial charge in [-0.15, -0.1) is 0 Å². The molecule has 4 heteroatoms. The Morgan fingerprint density at radius 3 is 2.83 bits per heavy atom. The summed E-state index contributed by atoms with van der Waals surface area (Å²) in [6.45, 7) is 0. The summed E-state index contributed by atoms with van der Waals surface area (Å²) in [5.41, 5.74) is 7.54. The van der Waals surface area contributed by atoms with Gasteiger partial charge < -0.3 is 10.5 Å². The maximum absolute atomic E-state index is 5.92. The van der Waals surface area contributed by atoms with Gasteiger partial charge in [-0.1, -0.05) is 0 Å². The molecule has 0 spiro atoms. The first-order valence-electron chi connectivity index (χ1n) is 6.42. The molecule has 0 unspecified atom stereocenters. The van der Waals surface area contributed by atoms with Gasteiger partial charge in [0.25, 0.3) is 0 Å². The molecule has 2 N–H and O–H groups in total. The van der Waals surface area contributed by atoms with Crippen molar-refractivity contribution in [3.8, 4) is 5.75 Å². The summed E-state index contributed by atoms with van der Waals surface area (Å²) in [5.74, 6) is 0.699. The number of ether oxygens (including phenoxy) is 1. The number of benzene rings is 1. The average molecular weight is 244 g/mol. The van der Waals surface area contributed by atoms with E-state index in [0.717, 1.165) is 10.9 Å². The quantitative estimate of drug-likeness (QED) is 0.826. The summed E-state index contributed by atoms with van der Waals surface area (Å²) in [7, 11) is 1.63. The maximum Gasteiger partial charge on any atom is 0.144 e. The molecule has 0 bridgehead atoms. The molecule has 1 saturated carbocycles. The number of anilines is 1. The third-order valence-corrected chi connectivity index (χ3v) is 3.66. The van der Waals surface area contributed by atoms with E-state index in [-0.39, 0.29) is 0 Å². The van der Waals surface area contributed by atoms with Gasteiger partial charge in [-0.25, -0.2) is 0 Å². The lowest BCUT2D eigenvalue weighted by Crippen LogP contribution is -2.13. The van der Waals surface area contributed by atoms with Crippen molar-refractivity contribution < 1.29 is 4.74 Å². The number of nitrogens with zero attached hydrogens (tertiary/aromatic N) is 2. The molecule has 18 heavy (non-hydrogen) atoms. The molecule has 1 radical (unpaired) electrons. The van der Waals surface area contributed by atoms with Gasteiger partial charge in [0.15, 0.2) is 0 Å². The second-order valence-corrected chi connectivity index (χ2v) is 4.86. The van der Waals surface area contributed by atoms with Crippen molar-refractivity contribution in [1.29, 1.82) is 0 Å². The van der Waals surface area contributed by atoms with E-state index in [9.17, 15) is 0 Å². The topological polar surface area (TPSA) is 53.1 Å². The molecule has 1 heterocycles. The first-order chi connectivity index (χ1) is 8.78. The summed E-state index contributed by atoms with van der Waals surface area (Å²) in [4.78, 5) is 0. The molecule has 1 aliphatic carbocycles. The van der Waals surface area contributed by atoms with E-state index < -0.39 is 0 Å². The van der Waals surface area contributed by atoms with Gasteiger partial charge >= 0.3 is 0 Å². The van der Waals surface area contributed by atoms with Crippen molar-refractivity contribution in [1.82, 2.24) is 9.78 Å². The van der Waals surface area contributed by atoms with Crippen molar-refractivity contribution in [3.05, 3.63) is 24.8 Å². The van der Waals surface area contributed by atoms with E-state index in [1.54, 1.807) is 7.11 Å². The fraction of sp³-hybridized carbons (Fsp3) is 0.429. The van der Waals surface area contributed by atoms with Crippen LogP contribution in [-0.4, -0.2) is 16.9 Å². The van der Waals surface area contributed by atoms with Crippen molar-refractivity contribution in [3.63, 3.8) is 0 Å². The van der Waals surface area contributed by atoms with Gasteiger partial charge in [0.05, 0.1) is 24.4 Å². The van der Waals surface area contributed by atoms with Crippen LogP contribution < -0.4 is 10.5 Å². The van der Waals surface area contributed by atoms with Gasteiger partial charge in [0, 0.05) is 17.6 Å². The lowest BCUT2D eigenvalue weighted by atomic mass is 9.96. The minimum Gasteiger partial charge on any atom is -0.495 e. The Hall–Kier alpha value is -1.71. The van der Waals surface area contributed by atoms with Crippen LogP contribution in [0.1, 0.15) is 31.7 Å². The predicted molar refractivity (Wildman–Crippen MR) is 72.5 cm³/mol. The third kappa shape index (κ3) is 1.92. The van der Waals surface area contributed by atoms with Crippen molar-refractivity contribution in [2.75, 3.05) is 12.8 Å². The van der Waals surface area contributed by atoms with Crippen LogP contribution >= 0.6 is 0 Å². The molecule has 1 aromatic heterocycles. The van der Waals surface area contributed by atoms with Crippen LogP contribution in [-0.2, 0) is 0 Å². The highest BCUT2D eigenvalue weighted by atomic mass is 16.5. The zero-order valence-corrected chi connectivity index (χ0v) is 10.6. The Morgan fingerprint density at radius 1 is 1.33 bits per heavy atom. The molecule has 1 aliphatic rings. The second-order valence-electron chi connectivity index (χ2n) is 4.86. The van der Waals surface area contributed by atoms with Gasteiger partial charge in [-0.2, -0.15) is 5.10 Å². The number of nitrogen functional groups attached to an aromatic ring is 1. The lowest BCUT2D eigenvalue weighted by Gasteiger charge is -2.21. The number of hydrogen-bond acceptors (Lipinski definition) is 3. The van der Waals surface area contributed by atoms with Gasteiger partial charge in [-0.05, 0) is 38.2 Å². The first-order valence-corrected chi connectivity index (χ1v) is 6.42. The largest absolute Gasteiger partial charge is 0.495 e. The summed E-state index contributed by atoms with van der Waals surface area (Å²) in [6.07, 6.45) is 9.20. The van der Waals surface area contributed by atoms with Crippen LogP contribution in [0.15, 0.2) is 18.3 Å². The zero-order chi connectivity index (χ0) is 12.5. The number of aromatic nitrogens is 2. The van der Waals surface area contributed by atoms with E-state index >= 15 is 0 Å². The number of rotatable bonds is 2. The molecular weight excluding hydrogens is 226 g/mol. The maximum atomic E-state index is 5.92. The molecule has 0 aliphatic heterocycles. The Labute approximate surface area is 107 Å². The SMILES string of the molecule is COc1cc2nn(C3CC[CH]CC3)cc2cc1N. The van der Waals surface area contributed by atoms with Gasteiger partial charge in [-0.3, -0.25) is 4.68 Å². The normalized spacial score (nSPS) is 17.2. The van der Waals surface area contributed by atoms with Crippen LogP contribution in [0.4, 0.5) is 5.69 Å². The van der Waals surface area contributed by atoms with E-state index in [4.69, 9.17) is 10.5 Å². The van der Waals surface area contributed by atoms with Crippen LogP contribution in [0.25, 0.3) is 10.9 Å². The zero-order valence-electron chi connectivity index (χ0n) is 10.6. The molecule has 0 saturated heterocycles. The minimum atomic E-state index is 0.523. The van der Waals surface area contributed by atoms with E-state index in [1.807, 2.05) is 12.1 Å². The second kappa shape index (κ2) is 4.52. The fourth-order valence-corrected chi connectivity index (χ4v) is 2.63. The standard InChI is InChI=1S/C14H18N3O/c1-18-14-8-13-10(7-12(14)15)9-17(16-13)11-5-3-2-4-6-11/h2,7-9,11H,3-6,15H2,1H3. The Bertz CT molecular complexity index is 555. The predicted octanol–water partition coefficient (Wildman–Crippen LogP) is 2.95. The van der Waals surface area contributed by atoms with E-state index in [2.05, 4.69) is 22.4 Å². The van der Waals surface area contributed by atoms with Crippen molar-refractivity contribution >= 4 is 16.6 Å². The number of methoxy groups -OCH3 is 1.